The van der Waals surface area contributed by atoms with Crippen molar-refractivity contribution < 1.29 is 13.7 Å². The zero-order chi connectivity index (χ0) is 26.0. The Bertz CT molecular complexity index is 1690. The van der Waals surface area contributed by atoms with E-state index in [2.05, 4.69) is 167 Å². The van der Waals surface area contributed by atoms with E-state index in [0.717, 1.165) is 0 Å². The Morgan fingerprint density at radius 1 is 0.410 bits per heavy atom. The SMILES string of the molecule is CC12[n+]3ccccc3-c3ccccc3I(c3ccccc3-c3cccc[n+]31)c1ccccc1-c1cccc[n+]12. The summed E-state index contributed by atoms with van der Waals surface area (Å²) >= 11 is -2.23. The van der Waals surface area contributed by atoms with Gasteiger partial charge < -0.3 is 0 Å². The standard InChI is InChI=1S/C35H27IN3/c1-35-37-23-11-8-20-32(37)26-14-2-5-17-29(26)36(30-18-6-3-15-27(30)33-21-9-12-24-38(33)35)31-19-7-4-16-28(31)34-22-10-13-25-39(34)35/h2-25H,1H3/q+3. The Kier molecular flexibility index (Phi) is 5.07. The van der Waals surface area contributed by atoms with Crippen molar-refractivity contribution in [2.75, 3.05) is 0 Å². The number of benzene rings is 3. The van der Waals surface area contributed by atoms with Crippen LogP contribution in [-0.4, -0.2) is 0 Å². The van der Waals surface area contributed by atoms with Gasteiger partial charge in [-0.15, -0.1) is 0 Å². The van der Waals surface area contributed by atoms with E-state index in [-0.39, 0.29) is 0 Å². The van der Waals surface area contributed by atoms with Gasteiger partial charge in [-0.3, -0.25) is 0 Å². The molecule has 0 fully saturated rings. The number of nitrogens with zero attached hydrogens (tertiary/aromatic N) is 3. The first-order valence-electron chi connectivity index (χ1n) is 13.3. The molecule has 186 valence electrons. The average molecular weight is 617 g/mol. The molecule has 0 spiro atoms. The van der Waals surface area contributed by atoms with Gasteiger partial charge in [0, 0.05) is 0 Å². The normalized spacial score (nSPS) is 14.8. The van der Waals surface area contributed by atoms with Crippen LogP contribution < -0.4 is 13.7 Å². The summed E-state index contributed by atoms with van der Waals surface area (Å²) in [5, 5.41) is 0. The third-order valence-corrected chi connectivity index (χ3v) is 14.3. The molecule has 3 aromatic heterocycles. The third kappa shape index (κ3) is 3.18. The number of aromatic nitrogens is 3. The van der Waals surface area contributed by atoms with E-state index in [9.17, 15) is 0 Å². The fourth-order valence-corrected chi connectivity index (χ4v) is 13.0. The van der Waals surface area contributed by atoms with Crippen molar-refractivity contribution in [2.45, 2.75) is 12.7 Å². The van der Waals surface area contributed by atoms with Crippen LogP contribution in [0.3, 0.4) is 0 Å². The molecule has 9 rings (SSSR count). The first-order valence-corrected chi connectivity index (χ1v) is 16.5. The molecule has 0 saturated carbocycles. The van der Waals surface area contributed by atoms with Crippen LogP contribution in [0.2, 0.25) is 0 Å². The fraction of sp³-hybridized carbons (Fsp3) is 0.0571. The molecule has 0 saturated heterocycles. The molecule has 3 aromatic carbocycles. The summed E-state index contributed by atoms with van der Waals surface area (Å²) in [4.78, 5) is 0. The quantitative estimate of drug-likeness (QED) is 0.140. The van der Waals surface area contributed by atoms with Gasteiger partial charge in [0.25, 0.3) is 0 Å². The zero-order valence-electron chi connectivity index (χ0n) is 21.6. The number of halogens is 1. The predicted octanol–water partition coefficient (Wildman–Crippen LogP) is 6.32. The van der Waals surface area contributed by atoms with E-state index >= 15 is 0 Å². The summed E-state index contributed by atoms with van der Waals surface area (Å²) < 4.78 is 11.8. The van der Waals surface area contributed by atoms with Crippen LogP contribution in [0.1, 0.15) is 6.92 Å². The van der Waals surface area contributed by atoms with Crippen molar-refractivity contribution in [2.24, 2.45) is 0 Å². The van der Waals surface area contributed by atoms with Crippen LogP contribution in [0.4, 0.5) is 0 Å². The summed E-state index contributed by atoms with van der Waals surface area (Å²) in [6.45, 7) is 2.34. The Labute approximate surface area is 235 Å². The van der Waals surface area contributed by atoms with Crippen LogP contribution in [0, 0.1) is 10.7 Å². The van der Waals surface area contributed by atoms with Crippen molar-refractivity contribution >= 4 is 19.8 Å². The minimum absolute atomic E-state index is 0.634. The Morgan fingerprint density at radius 2 is 0.718 bits per heavy atom. The topological polar surface area (TPSA) is 11.6 Å². The third-order valence-electron chi connectivity index (χ3n) is 8.01. The van der Waals surface area contributed by atoms with Crippen LogP contribution in [-0.2, 0) is 5.79 Å². The maximum absolute atomic E-state index is 2.47. The molecular formula is C35H27IN3+3. The van der Waals surface area contributed by atoms with Gasteiger partial charge in [-0.2, -0.15) is 0 Å². The number of pyridine rings is 3. The summed E-state index contributed by atoms with van der Waals surface area (Å²) in [6, 6.07) is 47.3. The van der Waals surface area contributed by atoms with E-state index in [0.29, 0.717) is 0 Å². The molecule has 4 heteroatoms. The van der Waals surface area contributed by atoms with E-state index in [1.165, 1.54) is 44.5 Å². The van der Waals surface area contributed by atoms with Gasteiger partial charge in [-0.1, -0.05) is 0 Å². The summed E-state index contributed by atoms with van der Waals surface area (Å²) in [5.74, 6) is -0.634. The predicted molar refractivity (Wildman–Crippen MR) is 161 cm³/mol. The Hall–Kier alpha value is -4.16. The molecular weight excluding hydrogens is 589 g/mol. The van der Waals surface area contributed by atoms with Gasteiger partial charge in [-0.25, -0.2) is 0 Å². The summed E-state index contributed by atoms with van der Waals surface area (Å²) in [6.07, 6.45) is 6.75. The van der Waals surface area contributed by atoms with Gasteiger partial charge in [0.2, 0.25) is 0 Å². The summed E-state index contributed by atoms with van der Waals surface area (Å²) in [7, 11) is 0. The molecule has 0 N–H and O–H groups in total. The monoisotopic (exact) mass is 616 g/mol. The molecule has 0 atom stereocenters. The van der Waals surface area contributed by atoms with Crippen molar-refractivity contribution in [3.8, 4) is 33.8 Å². The fourth-order valence-electron chi connectivity index (χ4n) is 6.27. The molecule has 2 bridgehead atoms. The van der Waals surface area contributed by atoms with Gasteiger partial charge in [0.05, 0.1) is 0 Å². The second-order valence-electron chi connectivity index (χ2n) is 10.1. The molecule has 3 aliphatic rings. The van der Waals surface area contributed by atoms with E-state index in [1.807, 2.05) is 0 Å². The molecule has 0 radical (unpaired) electrons. The average Bonchev–Trinajstić information content (AvgIpc) is 3.01. The Morgan fingerprint density at radius 3 is 1.08 bits per heavy atom. The van der Waals surface area contributed by atoms with Crippen molar-refractivity contribution in [3.63, 3.8) is 0 Å². The number of rotatable bonds is 0. The van der Waals surface area contributed by atoms with Crippen molar-refractivity contribution in [1.29, 1.82) is 0 Å². The van der Waals surface area contributed by atoms with Crippen molar-refractivity contribution in [3.05, 3.63) is 157 Å². The molecule has 3 nitrogen and oxygen atoms in total. The molecule has 0 aliphatic carbocycles. The van der Waals surface area contributed by atoms with Gasteiger partial charge in [-0.05, 0) is 0 Å². The second-order valence-corrected chi connectivity index (χ2v) is 15.2. The first-order chi connectivity index (χ1) is 19.3. The molecule has 6 heterocycles. The Balaban J connectivity index is 1.71. The summed E-state index contributed by atoms with van der Waals surface area (Å²) in [5.41, 5.74) is 7.63. The van der Waals surface area contributed by atoms with E-state index in [4.69, 9.17) is 0 Å². The second kappa shape index (κ2) is 8.68. The zero-order valence-corrected chi connectivity index (χ0v) is 23.7. The van der Waals surface area contributed by atoms with E-state index in [1.54, 1.807) is 0 Å². The van der Waals surface area contributed by atoms with Crippen LogP contribution in [0.15, 0.2) is 146 Å². The minimum atomic E-state index is -2.23. The van der Waals surface area contributed by atoms with Gasteiger partial charge in [0.1, 0.15) is 0 Å². The number of hydrogen-bond donors (Lipinski definition) is 0. The van der Waals surface area contributed by atoms with Crippen molar-refractivity contribution in [1.82, 2.24) is 0 Å². The van der Waals surface area contributed by atoms with Crippen LogP contribution >= 0.6 is 19.8 Å². The molecule has 39 heavy (non-hydrogen) atoms. The molecule has 0 unspecified atom stereocenters. The van der Waals surface area contributed by atoms with Crippen LogP contribution in [0.25, 0.3) is 33.8 Å². The number of hydrogen-bond acceptors (Lipinski definition) is 0. The molecule has 0 amide bonds. The molecule has 6 aromatic rings. The van der Waals surface area contributed by atoms with Crippen LogP contribution in [0.5, 0.6) is 0 Å². The molecule has 3 aliphatic heterocycles. The van der Waals surface area contributed by atoms with Gasteiger partial charge >= 0.3 is 237 Å². The van der Waals surface area contributed by atoms with E-state index < -0.39 is 25.6 Å². The maximum atomic E-state index is 2.47. The van der Waals surface area contributed by atoms with Gasteiger partial charge in [0.15, 0.2) is 0 Å². The first kappa shape index (κ1) is 22.8.